The molecule has 0 heterocycles. The summed E-state index contributed by atoms with van der Waals surface area (Å²) in [5.41, 5.74) is 1.27. The van der Waals surface area contributed by atoms with Crippen molar-refractivity contribution >= 4 is 39.1 Å². The number of likely N-dealkylation sites (N-methyl/N-ethyl adjacent to an activating group) is 1. The van der Waals surface area contributed by atoms with Crippen molar-refractivity contribution in [2.75, 3.05) is 11.3 Å². The second kappa shape index (κ2) is 9.07. The highest BCUT2D eigenvalue weighted by Gasteiger charge is 2.21. The topological polar surface area (TPSA) is 104 Å². The number of anilines is 1. The number of nitrogens with one attached hydrogen (secondary N) is 3. The first kappa shape index (κ1) is 21.7. The monoisotopic (exact) mass is 423 g/mol. The Bertz CT molecular complexity index is 992. The number of hydrogen-bond acceptors (Lipinski definition) is 4. The number of amides is 2. The lowest BCUT2D eigenvalue weighted by Crippen LogP contribution is -2.44. The summed E-state index contributed by atoms with van der Waals surface area (Å²) in [6, 6.07) is 9.92. The molecular weight excluding hydrogens is 402 g/mol. The van der Waals surface area contributed by atoms with Crippen LogP contribution in [0.15, 0.2) is 47.4 Å². The summed E-state index contributed by atoms with van der Waals surface area (Å²) in [6.45, 7) is 5.56. The van der Waals surface area contributed by atoms with Gasteiger partial charge in [-0.3, -0.25) is 14.3 Å². The van der Waals surface area contributed by atoms with Gasteiger partial charge in [0.1, 0.15) is 6.04 Å². The molecule has 150 valence electrons. The smallest absolute Gasteiger partial charge is 0.261 e. The van der Waals surface area contributed by atoms with Gasteiger partial charge in [-0.05, 0) is 56.7 Å². The van der Waals surface area contributed by atoms with E-state index >= 15 is 0 Å². The minimum atomic E-state index is -3.92. The summed E-state index contributed by atoms with van der Waals surface area (Å²) >= 11 is 6.07. The second-order valence-electron chi connectivity index (χ2n) is 6.21. The van der Waals surface area contributed by atoms with Crippen LogP contribution in [-0.4, -0.2) is 32.8 Å². The van der Waals surface area contributed by atoms with E-state index in [0.29, 0.717) is 12.2 Å². The zero-order valence-electron chi connectivity index (χ0n) is 15.7. The van der Waals surface area contributed by atoms with E-state index in [9.17, 15) is 18.0 Å². The van der Waals surface area contributed by atoms with Gasteiger partial charge in [-0.2, -0.15) is 0 Å². The molecule has 3 N–H and O–H groups in total. The molecule has 2 rings (SSSR count). The predicted octanol–water partition coefficient (Wildman–Crippen LogP) is 2.70. The number of carbonyl (C=O) groups excluding carboxylic acids is 2. The Kier molecular flexibility index (Phi) is 7.04. The van der Waals surface area contributed by atoms with Crippen molar-refractivity contribution in [1.82, 2.24) is 10.6 Å². The number of rotatable bonds is 7. The lowest BCUT2D eigenvalue weighted by molar-refractivity contribution is -0.122. The minimum absolute atomic E-state index is 0.0371. The average molecular weight is 424 g/mol. The van der Waals surface area contributed by atoms with Crippen LogP contribution >= 0.6 is 11.6 Å². The summed E-state index contributed by atoms with van der Waals surface area (Å²) in [7, 11) is -3.92. The molecule has 0 radical (unpaired) electrons. The summed E-state index contributed by atoms with van der Waals surface area (Å²) in [4.78, 5) is 24.1. The lowest BCUT2D eigenvalue weighted by Gasteiger charge is -2.15. The largest absolute Gasteiger partial charge is 0.355 e. The standard InChI is InChI=1S/C19H22ClN3O4S/c1-4-21-18(24)13(3)22-19(25)16-11-15(8-9-17(16)20)28(26,27)23-14-7-5-6-12(2)10-14/h5-11,13,23H,4H2,1-3H3,(H,21,24)(H,22,25). The summed E-state index contributed by atoms with van der Waals surface area (Å²) in [5, 5.41) is 5.18. The Morgan fingerprint density at radius 2 is 1.86 bits per heavy atom. The zero-order valence-corrected chi connectivity index (χ0v) is 17.3. The van der Waals surface area contributed by atoms with Gasteiger partial charge in [-0.1, -0.05) is 23.7 Å². The van der Waals surface area contributed by atoms with Gasteiger partial charge >= 0.3 is 0 Å². The van der Waals surface area contributed by atoms with Crippen molar-refractivity contribution in [3.63, 3.8) is 0 Å². The summed E-state index contributed by atoms with van der Waals surface area (Å²) in [6.07, 6.45) is 0. The van der Waals surface area contributed by atoms with Crippen LogP contribution in [0.25, 0.3) is 0 Å². The van der Waals surface area contributed by atoms with Crippen molar-refractivity contribution in [1.29, 1.82) is 0 Å². The maximum atomic E-state index is 12.7. The molecule has 0 saturated heterocycles. The van der Waals surface area contributed by atoms with Crippen molar-refractivity contribution in [2.45, 2.75) is 31.7 Å². The van der Waals surface area contributed by atoms with Crippen LogP contribution in [-0.2, 0) is 14.8 Å². The molecule has 28 heavy (non-hydrogen) atoms. The van der Waals surface area contributed by atoms with Crippen LogP contribution in [0.4, 0.5) is 5.69 Å². The van der Waals surface area contributed by atoms with E-state index in [2.05, 4.69) is 15.4 Å². The third kappa shape index (κ3) is 5.46. The van der Waals surface area contributed by atoms with Gasteiger partial charge in [-0.25, -0.2) is 8.42 Å². The molecule has 9 heteroatoms. The second-order valence-corrected chi connectivity index (χ2v) is 8.30. The molecule has 0 saturated carbocycles. The Morgan fingerprint density at radius 1 is 1.14 bits per heavy atom. The molecule has 0 spiro atoms. The van der Waals surface area contributed by atoms with Crippen molar-refractivity contribution in [3.05, 3.63) is 58.6 Å². The molecule has 7 nitrogen and oxygen atoms in total. The number of halogens is 1. The van der Waals surface area contributed by atoms with E-state index in [1.807, 2.05) is 13.0 Å². The molecule has 0 aliphatic heterocycles. The highest BCUT2D eigenvalue weighted by molar-refractivity contribution is 7.92. The molecule has 2 aromatic rings. The van der Waals surface area contributed by atoms with E-state index in [0.717, 1.165) is 5.56 Å². The maximum Gasteiger partial charge on any atom is 0.261 e. The Labute approximate surface area is 169 Å². The van der Waals surface area contributed by atoms with Gasteiger partial charge in [0, 0.05) is 12.2 Å². The van der Waals surface area contributed by atoms with Gasteiger partial charge in [0.15, 0.2) is 0 Å². The zero-order chi connectivity index (χ0) is 20.9. The van der Waals surface area contributed by atoms with Gasteiger partial charge in [0.25, 0.3) is 15.9 Å². The predicted molar refractivity (Wildman–Crippen MR) is 109 cm³/mol. The van der Waals surface area contributed by atoms with Gasteiger partial charge in [0.05, 0.1) is 15.5 Å². The number of hydrogen-bond donors (Lipinski definition) is 3. The first-order chi connectivity index (χ1) is 13.1. The minimum Gasteiger partial charge on any atom is -0.355 e. The van der Waals surface area contributed by atoms with Gasteiger partial charge in [0.2, 0.25) is 5.91 Å². The fraction of sp³-hybridized carbons (Fsp3) is 0.263. The molecule has 1 atom stereocenters. The first-order valence-electron chi connectivity index (χ1n) is 8.61. The van der Waals surface area contributed by atoms with E-state index in [1.165, 1.54) is 25.1 Å². The van der Waals surface area contributed by atoms with Crippen LogP contribution in [0.5, 0.6) is 0 Å². The van der Waals surface area contributed by atoms with Crippen molar-refractivity contribution in [2.24, 2.45) is 0 Å². The van der Waals surface area contributed by atoms with Crippen molar-refractivity contribution in [3.8, 4) is 0 Å². The molecule has 1 unspecified atom stereocenters. The van der Waals surface area contributed by atoms with Crippen molar-refractivity contribution < 1.29 is 18.0 Å². The number of benzene rings is 2. The maximum absolute atomic E-state index is 12.7. The number of aryl methyl sites for hydroxylation is 1. The first-order valence-corrected chi connectivity index (χ1v) is 10.5. The summed E-state index contributed by atoms with van der Waals surface area (Å²) < 4.78 is 27.8. The molecule has 0 aliphatic carbocycles. The normalized spacial score (nSPS) is 12.1. The molecule has 0 bridgehead atoms. The fourth-order valence-electron chi connectivity index (χ4n) is 2.44. The van der Waals surface area contributed by atoms with E-state index in [-0.39, 0.29) is 21.4 Å². The Hall–Kier alpha value is -2.58. The molecule has 2 aromatic carbocycles. The summed E-state index contributed by atoms with van der Waals surface area (Å²) in [5.74, 6) is -0.992. The van der Waals surface area contributed by atoms with Crippen LogP contribution in [0, 0.1) is 6.92 Å². The van der Waals surface area contributed by atoms with Gasteiger partial charge < -0.3 is 10.6 Å². The lowest BCUT2D eigenvalue weighted by atomic mass is 10.2. The van der Waals surface area contributed by atoms with E-state index in [1.54, 1.807) is 25.1 Å². The van der Waals surface area contributed by atoms with Crippen LogP contribution in [0.2, 0.25) is 5.02 Å². The highest BCUT2D eigenvalue weighted by atomic mass is 35.5. The van der Waals surface area contributed by atoms with E-state index < -0.39 is 22.0 Å². The Balaban J connectivity index is 2.26. The molecule has 0 fully saturated rings. The van der Waals surface area contributed by atoms with Gasteiger partial charge in [-0.15, -0.1) is 0 Å². The fourth-order valence-corrected chi connectivity index (χ4v) is 3.71. The number of carbonyl (C=O) groups is 2. The molecular formula is C19H22ClN3O4S. The average Bonchev–Trinajstić information content (AvgIpc) is 2.61. The quantitative estimate of drug-likeness (QED) is 0.636. The third-order valence-electron chi connectivity index (χ3n) is 3.85. The molecule has 2 amide bonds. The SMILES string of the molecule is CCNC(=O)C(C)NC(=O)c1cc(S(=O)(=O)Nc2cccc(C)c2)ccc1Cl. The molecule has 0 aliphatic rings. The van der Waals surface area contributed by atoms with Crippen LogP contribution in [0.1, 0.15) is 29.8 Å². The highest BCUT2D eigenvalue weighted by Crippen LogP contribution is 2.23. The van der Waals surface area contributed by atoms with E-state index in [4.69, 9.17) is 11.6 Å². The third-order valence-corrected chi connectivity index (χ3v) is 5.56. The molecule has 0 aromatic heterocycles. The Morgan fingerprint density at radius 3 is 2.50 bits per heavy atom. The van der Waals surface area contributed by atoms with Crippen LogP contribution < -0.4 is 15.4 Å². The van der Waals surface area contributed by atoms with Crippen LogP contribution in [0.3, 0.4) is 0 Å². The number of sulfonamides is 1.